The minimum Gasteiger partial charge on any atom is -0.371 e. The molecule has 0 unspecified atom stereocenters. The number of aryl methyl sites for hydroxylation is 2. The Labute approximate surface area is 184 Å². The number of benzene rings is 1. The number of anilines is 1. The van der Waals surface area contributed by atoms with Gasteiger partial charge < -0.3 is 9.80 Å². The SMILES string of the molecule is CSc1nc(C)c(CCC(=O)N2CCC(CN3CCc4ccccc43)CC2)c(C)n1. The maximum absolute atomic E-state index is 12.8. The second-order valence-electron chi connectivity index (χ2n) is 8.51. The van der Waals surface area contributed by atoms with E-state index in [0.717, 1.165) is 74.0 Å². The van der Waals surface area contributed by atoms with Crippen molar-refractivity contribution >= 4 is 23.4 Å². The van der Waals surface area contributed by atoms with E-state index >= 15 is 0 Å². The van der Waals surface area contributed by atoms with Gasteiger partial charge in [0.1, 0.15) is 0 Å². The second kappa shape index (κ2) is 9.38. The van der Waals surface area contributed by atoms with Gasteiger partial charge in [0.05, 0.1) is 0 Å². The molecule has 0 aliphatic carbocycles. The molecule has 2 aromatic rings. The first-order valence-electron chi connectivity index (χ1n) is 11.0. The Bertz CT molecular complexity index is 885. The standard InChI is InChI=1S/C24H32N4OS/c1-17-21(18(2)26-24(25-17)30-3)8-9-23(29)27-13-10-19(11-14-27)16-28-15-12-20-6-4-5-7-22(20)28/h4-7,19H,8-16H2,1-3H3. The molecule has 30 heavy (non-hydrogen) atoms. The Hall–Kier alpha value is -2.08. The number of hydrogen-bond acceptors (Lipinski definition) is 5. The van der Waals surface area contributed by atoms with Crippen molar-refractivity contribution in [2.45, 2.75) is 51.1 Å². The van der Waals surface area contributed by atoms with Crippen molar-refractivity contribution in [2.24, 2.45) is 5.92 Å². The van der Waals surface area contributed by atoms with Crippen molar-refractivity contribution in [3.8, 4) is 0 Å². The van der Waals surface area contributed by atoms with Crippen molar-refractivity contribution in [2.75, 3.05) is 37.3 Å². The lowest BCUT2D eigenvalue weighted by atomic mass is 9.95. The maximum atomic E-state index is 12.8. The molecular formula is C24H32N4OS. The Kier molecular flexibility index (Phi) is 6.61. The van der Waals surface area contributed by atoms with E-state index in [4.69, 9.17) is 0 Å². The van der Waals surface area contributed by atoms with E-state index in [2.05, 4.69) is 44.0 Å². The number of thioether (sulfide) groups is 1. The number of piperidine rings is 1. The van der Waals surface area contributed by atoms with Crippen LogP contribution in [-0.2, 0) is 17.6 Å². The quantitative estimate of drug-likeness (QED) is 0.517. The van der Waals surface area contributed by atoms with Gasteiger partial charge in [0, 0.05) is 49.7 Å². The largest absolute Gasteiger partial charge is 0.371 e. The van der Waals surface area contributed by atoms with E-state index in [-0.39, 0.29) is 5.91 Å². The number of carbonyl (C=O) groups is 1. The van der Waals surface area contributed by atoms with Gasteiger partial charge >= 0.3 is 0 Å². The number of nitrogens with zero attached hydrogens (tertiary/aromatic N) is 4. The van der Waals surface area contributed by atoms with Gasteiger partial charge in [-0.2, -0.15) is 0 Å². The third-order valence-electron chi connectivity index (χ3n) is 6.60. The average Bonchev–Trinajstić information content (AvgIpc) is 3.16. The van der Waals surface area contributed by atoms with Gasteiger partial charge in [-0.05, 0) is 68.9 Å². The molecule has 6 heteroatoms. The van der Waals surface area contributed by atoms with Crippen LogP contribution < -0.4 is 4.90 Å². The summed E-state index contributed by atoms with van der Waals surface area (Å²) in [4.78, 5) is 26.5. The Morgan fingerprint density at radius 1 is 1.10 bits per heavy atom. The molecule has 3 heterocycles. The van der Waals surface area contributed by atoms with Crippen LogP contribution in [0.3, 0.4) is 0 Å². The summed E-state index contributed by atoms with van der Waals surface area (Å²) in [5, 5.41) is 0.808. The maximum Gasteiger partial charge on any atom is 0.222 e. The second-order valence-corrected chi connectivity index (χ2v) is 9.28. The fourth-order valence-corrected chi connectivity index (χ4v) is 5.28. The van der Waals surface area contributed by atoms with E-state index in [1.807, 2.05) is 20.1 Å². The molecule has 1 aromatic heterocycles. The van der Waals surface area contributed by atoms with Crippen molar-refractivity contribution in [3.63, 3.8) is 0 Å². The van der Waals surface area contributed by atoms with Gasteiger partial charge in [-0.1, -0.05) is 30.0 Å². The molecule has 2 aliphatic rings. The van der Waals surface area contributed by atoms with Crippen LogP contribution in [0, 0.1) is 19.8 Å². The molecule has 0 bridgehead atoms. The van der Waals surface area contributed by atoms with Crippen LogP contribution in [0.15, 0.2) is 29.4 Å². The first-order chi connectivity index (χ1) is 14.5. The smallest absolute Gasteiger partial charge is 0.222 e. The zero-order chi connectivity index (χ0) is 21.1. The van der Waals surface area contributed by atoms with Gasteiger partial charge in [0.2, 0.25) is 5.91 Å². The monoisotopic (exact) mass is 424 g/mol. The predicted molar refractivity (Wildman–Crippen MR) is 123 cm³/mol. The molecule has 1 fully saturated rings. The van der Waals surface area contributed by atoms with Crippen molar-refractivity contribution in [1.82, 2.24) is 14.9 Å². The average molecular weight is 425 g/mol. The molecule has 1 aromatic carbocycles. The lowest BCUT2D eigenvalue weighted by Crippen LogP contribution is -2.41. The first-order valence-corrected chi connectivity index (χ1v) is 12.3. The molecular weight excluding hydrogens is 392 g/mol. The summed E-state index contributed by atoms with van der Waals surface area (Å²) < 4.78 is 0. The van der Waals surface area contributed by atoms with E-state index in [1.54, 1.807) is 11.8 Å². The molecule has 2 aliphatic heterocycles. The first kappa shape index (κ1) is 21.2. The third kappa shape index (κ3) is 4.64. The number of likely N-dealkylation sites (tertiary alicyclic amines) is 1. The van der Waals surface area contributed by atoms with Crippen LogP contribution >= 0.6 is 11.8 Å². The molecule has 1 saturated heterocycles. The highest BCUT2D eigenvalue weighted by Crippen LogP contribution is 2.30. The normalized spacial score (nSPS) is 16.8. The van der Waals surface area contributed by atoms with Crippen molar-refractivity contribution in [1.29, 1.82) is 0 Å². The Balaban J connectivity index is 1.26. The molecule has 0 atom stereocenters. The van der Waals surface area contributed by atoms with Crippen LogP contribution in [0.5, 0.6) is 0 Å². The molecule has 1 amide bonds. The van der Waals surface area contributed by atoms with E-state index in [9.17, 15) is 4.79 Å². The molecule has 5 nitrogen and oxygen atoms in total. The van der Waals surface area contributed by atoms with E-state index in [0.29, 0.717) is 12.3 Å². The van der Waals surface area contributed by atoms with E-state index < -0.39 is 0 Å². The summed E-state index contributed by atoms with van der Waals surface area (Å²) in [7, 11) is 0. The van der Waals surface area contributed by atoms with E-state index in [1.165, 1.54) is 11.3 Å². The summed E-state index contributed by atoms with van der Waals surface area (Å²) >= 11 is 1.56. The summed E-state index contributed by atoms with van der Waals surface area (Å²) in [5.74, 6) is 0.949. The minimum atomic E-state index is 0.271. The zero-order valence-corrected chi connectivity index (χ0v) is 19.2. The molecule has 0 spiro atoms. The summed E-state index contributed by atoms with van der Waals surface area (Å²) in [6.07, 6.45) is 6.64. The fourth-order valence-electron chi connectivity index (χ4n) is 4.82. The van der Waals surface area contributed by atoms with Crippen molar-refractivity contribution < 1.29 is 4.79 Å². The highest BCUT2D eigenvalue weighted by molar-refractivity contribution is 7.98. The van der Waals surface area contributed by atoms with Crippen molar-refractivity contribution in [3.05, 3.63) is 46.8 Å². The van der Waals surface area contributed by atoms with Gasteiger partial charge in [-0.25, -0.2) is 9.97 Å². The summed E-state index contributed by atoms with van der Waals surface area (Å²) in [6, 6.07) is 8.78. The number of aromatic nitrogens is 2. The van der Waals surface area contributed by atoms with Crippen LogP contribution in [-0.4, -0.2) is 53.2 Å². The number of fused-ring (bicyclic) bond motifs is 1. The lowest BCUT2D eigenvalue weighted by Gasteiger charge is -2.34. The number of carbonyl (C=O) groups excluding carboxylic acids is 1. The topological polar surface area (TPSA) is 49.3 Å². The lowest BCUT2D eigenvalue weighted by molar-refractivity contribution is -0.132. The Morgan fingerprint density at radius 3 is 2.50 bits per heavy atom. The number of rotatable bonds is 6. The van der Waals surface area contributed by atoms with Gasteiger partial charge in [0.25, 0.3) is 0 Å². The highest BCUT2D eigenvalue weighted by Gasteiger charge is 2.26. The van der Waals surface area contributed by atoms with Crippen LogP contribution in [0.1, 0.15) is 41.8 Å². The molecule has 0 saturated carbocycles. The predicted octanol–water partition coefficient (Wildman–Crippen LogP) is 4.05. The van der Waals surface area contributed by atoms with Crippen LogP contribution in [0.2, 0.25) is 0 Å². The minimum absolute atomic E-state index is 0.271. The Morgan fingerprint density at radius 2 is 1.80 bits per heavy atom. The van der Waals surface area contributed by atoms with Gasteiger partial charge in [0.15, 0.2) is 5.16 Å². The number of amides is 1. The molecule has 0 radical (unpaired) electrons. The number of para-hydroxylation sites is 1. The molecule has 0 N–H and O–H groups in total. The van der Waals surface area contributed by atoms with Crippen LogP contribution in [0.25, 0.3) is 0 Å². The van der Waals surface area contributed by atoms with Crippen LogP contribution in [0.4, 0.5) is 5.69 Å². The fraction of sp³-hybridized carbons (Fsp3) is 0.542. The van der Waals surface area contributed by atoms with Gasteiger partial charge in [-0.3, -0.25) is 4.79 Å². The highest BCUT2D eigenvalue weighted by atomic mass is 32.2. The molecule has 160 valence electrons. The zero-order valence-electron chi connectivity index (χ0n) is 18.4. The van der Waals surface area contributed by atoms with Gasteiger partial charge in [-0.15, -0.1) is 0 Å². The number of hydrogen-bond donors (Lipinski definition) is 0. The third-order valence-corrected chi connectivity index (χ3v) is 7.15. The molecule has 4 rings (SSSR count). The summed E-state index contributed by atoms with van der Waals surface area (Å²) in [5.41, 5.74) is 6.03. The summed E-state index contributed by atoms with van der Waals surface area (Å²) in [6.45, 7) is 8.08.